The SMILES string of the molecule is Cc1cccc(CNC(=O)[C@H](C)Oc2ccc(C(C)(C)C)cc2)c1. The number of aryl methyl sites for hydroxylation is 1. The summed E-state index contributed by atoms with van der Waals surface area (Å²) in [4.78, 5) is 12.2. The van der Waals surface area contributed by atoms with Crippen molar-refractivity contribution in [3.63, 3.8) is 0 Å². The van der Waals surface area contributed by atoms with Crippen molar-refractivity contribution >= 4 is 5.91 Å². The van der Waals surface area contributed by atoms with Crippen LogP contribution < -0.4 is 10.1 Å². The van der Waals surface area contributed by atoms with Gasteiger partial charge in [0.05, 0.1) is 0 Å². The van der Waals surface area contributed by atoms with E-state index in [1.54, 1.807) is 6.92 Å². The van der Waals surface area contributed by atoms with Gasteiger partial charge in [-0.25, -0.2) is 0 Å². The van der Waals surface area contributed by atoms with E-state index < -0.39 is 6.10 Å². The second-order valence-electron chi connectivity index (χ2n) is 7.24. The third-order valence-corrected chi connectivity index (χ3v) is 3.95. The van der Waals surface area contributed by atoms with E-state index in [1.807, 2.05) is 49.4 Å². The highest BCUT2D eigenvalue weighted by molar-refractivity contribution is 5.80. The molecule has 0 fully saturated rings. The standard InChI is InChI=1S/C21H27NO2/c1-15-7-6-8-17(13-15)14-22-20(23)16(2)24-19-11-9-18(10-12-19)21(3,4)5/h6-13,16H,14H2,1-5H3,(H,22,23)/t16-/m0/s1. The minimum atomic E-state index is -0.532. The number of hydrogen-bond acceptors (Lipinski definition) is 2. The molecule has 0 saturated heterocycles. The molecule has 0 saturated carbocycles. The first kappa shape index (κ1) is 18.1. The van der Waals surface area contributed by atoms with Gasteiger partial charge in [0.2, 0.25) is 0 Å². The minimum Gasteiger partial charge on any atom is -0.481 e. The van der Waals surface area contributed by atoms with E-state index in [1.165, 1.54) is 11.1 Å². The highest BCUT2D eigenvalue weighted by Crippen LogP contribution is 2.24. The van der Waals surface area contributed by atoms with Crippen molar-refractivity contribution in [2.45, 2.75) is 52.7 Å². The van der Waals surface area contributed by atoms with Crippen molar-refractivity contribution in [1.29, 1.82) is 0 Å². The average molecular weight is 325 g/mol. The van der Waals surface area contributed by atoms with Crippen LogP contribution in [-0.4, -0.2) is 12.0 Å². The summed E-state index contributed by atoms with van der Waals surface area (Å²) in [5.74, 6) is 0.595. The summed E-state index contributed by atoms with van der Waals surface area (Å²) in [5, 5.41) is 2.92. The van der Waals surface area contributed by atoms with Crippen molar-refractivity contribution in [3.05, 3.63) is 65.2 Å². The van der Waals surface area contributed by atoms with E-state index in [0.29, 0.717) is 12.3 Å². The molecule has 3 nitrogen and oxygen atoms in total. The van der Waals surface area contributed by atoms with Crippen LogP contribution in [0, 0.1) is 6.92 Å². The van der Waals surface area contributed by atoms with Crippen LogP contribution in [0.5, 0.6) is 5.75 Å². The van der Waals surface area contributed by atoms with Gasteiger partial charge < -0.3 is 10.1 Å². The summed E-state index contributed by atoms with van der Waals surface area (Å²) in [6.45, 7) is 10.8. The summed E-state index contributed by atoms with van der Waals surface area (Å²) < 4.78 is 5.74. The monoisotopic (exact) mass is 325 g/mol. The lowest BCUT2D eigenvalue weighted by Gasteiger charge is -2.20. The topological polar surface area (TPSA) is 38.3 Å². The predicted octanol–water partition coefficient (Wildman–Crippen LogP) is 4.38. The zero-order valence-electron chi connectivity index (χ0n) is 15.2. The molecule has 1 atom stereocenters. The van der Waals surface area contributed by atoms with E-state index in [0.717, 1.165) is 5.56 Å². The molecule has 1 amide bonds. The number of carbonyl (C=O) groups is 1. The third-order valence-electron chi connectivity index (χ3n) is 3.95. The molecular weight excluding hydrogens is 298 g/mol. The quantitative estimate of drug-likeness (QED) is 0.886. The van der Waals surface area contributed by atoms with Crippen LogP contribution in [0.25, 0.3) is 0 Å². The van der Waals surface area contributed by atoms with Gasteiger partial charge in [-0.05, 0) is 42.5 Å². The van der Waals surface area contributed by atoms with E-state index in [-0.39, 0.29) is 11.3 Å². The fourth-order valence-corrected chi connectivity index (χ4v) is 2.45. The number of nitrogens with one attached hydrogen (secondary N) is 1. The van der Waals surface area contributed by atoms with Gasteiger partial charge in [-0.15, -0.1) is 0 Å². The van der Waals surface area contributed by atoms with Gasteiger partial charge >= 0.3 is 0 Å². The van der Waals surface area contributed by atoms with Gasteiger partial charge in [0.25, 0.3) is 5.91 Å². The van der Waals surface area contributed by atoms with E-state index in [2.05, 4.69) is 32.2 Å². The number of rotatable bonds is 5. The molecule has 0 aliphatic carbocycles. The van der Waals surface area contributed by atoms with Gasteiger partial charge in [0.1, 0.15) is 5.75 Å². The molecule has 0 heterocycles. The van der Waals surface area contributed by atoms with Gasteiger partial charge in [0, 0.05) is 6.54 Å². The third kappa shape index (κ3) is 5.12. The van der Waals surface area contributed by atoms with Gasteiger partial charge in [-0.3, -0.25) is 4.79 Å². The molecule has 2 aromatic carbocycles. The zero-order chi connectivity index (χ0) is 17.7. The second kappa shape index (κ2) is 7.52. The molecule has 0 spiro atoms. The Morgan fingerprint density at radius 2 is 1.79 bits per heavy atom. The first-order valence-corrected chi connectivity index (χ1v) is 8.36. The van der Waals surface area contributed by atoms with Crippen molar-refractivity contribution in [1.82, 2.24) is 5.32 Å². The Labute approximate surface area is 145 Å². The van der Waals surface area contributed by atoms with Crippen molar-refractivity contribution in [3.8, 4) is 5.75 Å². The lowest BCUT2D eigenvalue weighted by atomic mass is 9.87. The van der Waals surface area contributed by atoms with Crippen molar-refractivity contribution < 1.29 is 9.53 Å². The summed E-state index contributed by atoms with van der Waals surface area (Å²) >= 11 is 0. The number of benzene rings is 2. The molecule has 24 heavy (non-hydrogen) atoms. The number of amides is 1. The molecule has 0 aliphatic rings. The smallest absolute Gasteiger partial charge is 0.261 e. The van der Waals surface area contributed by atoms with Crippen LogP contribution in [0.15, 0.2) is 48.5 Å². The molecule has 1 N–H and O–H groups in total. The first-order valence-electron chi connectivity index (χ1n) is 8.36. The molecule has 0 aliphatic heterocycles. The van der Waals surface area contributed by atoms with Gasteiger partial charge in [-0.1, -0.05) is 62.7 Å². The average Bonchev–Trinajstić information content (AvgIpc) is 2.52. The van der Waals surface area contributed by atoms with E-state index in [4.69, 9.17) is 4.74 Å². The molecule has 2 aromatic rings. The molecule has 128 valence electrons. The van der Waals surface area contributed by atoms with Crippen LogP contribution in [-0.2, 0) is 16.8 Å². The summed E-state index contributed by atoms with van der Waals surface area (Å²) in [6.07, 6.45) is -0.532. The maximum atomic E-state index is 12.2. The Hall–Kier alpha value is -2.29. The number of ether oxygens (including phenoxy) is 1. The number of carbonyl (C=O) groups excluding carboxylic acids is 1. The largest absolute Gasteiger partial charge is 0.481 e. The predicted molar refractivity (Wildman–Crippen MR) is 98.3 cm³/mol. The van der Waals surface area contributed by atoms with Gasteiger partial charge in [0.15, 0.2) is 6.10 Å². The van der Waals surface area contributed by atoms with Crippen LogP contribution >= 0.6 is 0 Å². The Kier molecular flexibility index (Phi) is 5.66. The Bertz CT molecular complexity index is 684. The van der Waals surface area contributed by atoms with Crippen LogP contribution in [0.1, 0.15) is 44.4 Å². The molecule has 2 rings (SSSR count). The lowest BCUT2D eigenvalue weighted by Crippen LogP contribution is -2.35. The summed E-state index contributed by atoms with van der Waals surface area (Å²) in [6, 6.07) is 16.0. The van der Waals surface area contributed by atoms with E-state index >= 15 is 0 Å². The lowest BCUT2D eigenvalue weighted by molar-refractivity contribution is -0.127. The molecular formula is C21H27NO2. The second-order valence-corrected chi connectivity index (χ2v) is 7.24. The van der Waals surface area contributed by atoms with Gasteiger partial charge in [-0.2, -0.15) is 0 Å². The fourth-order valence-electron chi connectivity index (χ4n) is 2.45. The summed E-state index contributed by atoms with van der Waals surface area (Å²) in [5.41, 5.74) is 3.62. The molecule has 0 bridgehead atoms. The van der Waals surface area contributed by atoms with Crippen molar-refractivity contribution in [2.75, 3.05) is 0 Å². The molecule has 3 heteroatoms. The van der Waals surface area contributed by atoms with Crippen molar-refractivity contribution in [2.24, 2.45) is 0 Å². The fraction of sp³-hybridized carbons (Fsp3) is 0.381. The van der Waals surface area contributed by atoms with Crippen LogP contribution in [0.2, 0.25) is 0 Å². The highest BCUT2D eigenvalue weighted by Gasteiger charge is 2.16. The van der Waals surface area contributed by atoms with Crippen LogP contribution in [0.3, 0.4) is 0 Å². The maximum Gasteiger partial charge on any atom is 0.261 e. The molecule has 0 aromatic heterocycles. The minimum absolute atomic E-state index is 0.106. The Morgan fingerprint density at radius 1 is 1.12 bits per heavy atom. The molecule has 0 unspecified atom stereocenters. The highest BCUT2D eigenvalue weighted by atomic mass is 16.5. The zero-order valence-corrected chi connectivity index (χ0v) is 15.2. The van der Waals surface area contributed by atoms with Crippen LogP contribution in [0.4, 0.5) is 0 Å². The normalized spacial score (nSPS) is 12.5. The summed E-state index contributed by atoms with van der Waals surface area (Å²) in [7, 11) is 0. The maximum absolute atomic E-state index is 12.2. The first-order chi connectivity index (χ1) is 11.3. The number of hydrogen-bond donors (Lipinski definition) is 1. The Balaban J connectivity index is 1.89. The Morgan fingerprint density at radius 3 is 2.38 bits per heavy atom. The van der Waals surface area contributed by atoms with E-state index in [9.17, 15) is 4.79 Å². The molecule has 0 radical (unpaired) electrons.